The molecule has 1 heterocycles. The second kappa shape index (κ2) is 6.65. The molecule has 3 N–H and O–H groups in total. The fraction of sp³-hybridized carbons (Fsp3) is 0.308. The van der Waals surface area contributed by atoms with Gasteiger partial charge in [0.1, 0.15) is 0 Å². The number of benzene rings is 1. The highest BCUT2D eigenvalue weighted by Gasteiger charge is 2.04. The number of nitrogens with zero attached hydrogens (tertiary/aromatic N) is 3. The first-order valence-electron chi connectivity index (χ1n) is 6.22. The fourth-order valence-corrected chi connectivity index (χ4v) is 1.67. The molecule has 0 spiro atoms. The molecule has 1 amide bonds. The predicted molar refractivity (Wildman–Crippen MR) is 72.5 cm³/mol. The van der Waals surface area contributed by atoms with E-state index in [1.165, 1.54) is 0 Å². The number of aromatic nitrogens is 3. The van der Waals surface area contributed by atoms with Crippen molar-refractivity contribution in [3.63, 3.8) is 0 Å². The van der Waals surface area contributed by atoms with Crippen LogP contribution >= 0.6 is 0 Å². The minimum Gasteiger partial charge on any atom is -0.330 e. The minimum atomic E-state index is -0.0397. The Hall–Kier alpha value is -2.21. The second-order valence-electron chi connectivity index (χ2n) is 4.18. The SMILES string of the molecule is NCCc1cn(CCC(=O)Nc2ccccc2)nn1. The lowest BCUT2D eigenvalue weighted by Crippen LogP contribution is -2.14. The zero-order valence-corrected chi connectivity index (χ0v) is 10.6. The standard InChI is InChI=1S/C13H17N5O/c14-8-6-12-10-18(17-16-12)9-7-13(19)15-11-4-2-1-3-5-11/h1-5,10H,6-9,14H2,(H,15,19). The van der Waals surface area contributed by atoms with Gasteiger partial charge in [0, 0.05) is 24.7 Å². The number of aryl methyl sites for hydroxylation is 1. The number of carbonyl (C=O) groups excluding carboxylic acids is 1. The molecule has 1 aromatic carbocycles. The predicted octanol–water partition coefficient (Wildman–Crippen LogP) is 0.808. The lowest BCUT2D eigenvalue weighted by molar-refractivity contribution is -0.116. The maximum absolute atomic E-state index is 11.7. The zero-order chi connectivity index (χ0) is 13.5. The van der Waals surface area contributed by atoms with E-state index in [9.17, 15) is 4.79 Å². The summed E-state index contributed by atoms with van der Waals surface area (Å²) in [5, 5.41) is 10.7. The van der Waals surface area contributed by atoms with Gasteiger partial charge < -0.3 is 11.1 Å². The van der Waals surface area contributed by atoms with Crippen LogP contribution in [0.25, 0.3) is 0 Å². The minimum absolute atomic E-state index is 0.0397. The smallest absolute Gasteiger partial charge is 0.226 e. The number of anilines is 1. The summed E-state index contributed by atoms with van der Waals surface area (Å²) in [6.07, 6.45) is 2.89. The molecular formula is C13H17N5O. The summed E-state index contributed by atoms with van der Waals surface area (Å²) >= 11 is 0. The van der Waals surface area contributed by atoms with Crippen LogP contribution in [0.3, 0.4) is 0 Å². The van der Waals surface area contributed by atoms with Gasteiger partial charge in [-0.25, -0.2) is 0 Å². The Kier molecular flexibility index (Phi) is 4.63. The van der Waals surface area contributed by atoms with Crippen LogP contribution in [0.2, 0.25) is 0 Å². The van der Waals surface area contributed by atoms with Crippen molar-refractivity contribution in [2.75, 3.05) is 11.9 Å². The van der Waals surface area contributed by atoms with Gasteiger partial charge in [-0.2, -0.15) is 0 Å². The Balaban J connectivity index is 1.79. The molecule has 0 bridgehead atoms. The molecule has 2 rings (SSSR count). The Bertz CT molecular complexity index is 523. The topological polar surface area (TPSA) is 85.8 Å². The summed E-state index contributed by atoms with van der Waals surface area (Å²) in [5.41, 5.74) is 7.09. The van der Waals surface area contributed by atoms with Crippen molar-refractivity contribution in [2.24, 2.45) is 5.73 Å². The van der Waals surface area contributed by atoms with Gasteiger partial charge >= 0.3 is 0 Å². The van der Waals surface area contributed by atoms with Gasteiger partial charge in [-0.05, 0) is 18.7 Å². The lowest BCUT2D eigenvalue weighted by Gasteiger charge is -2.04. The Morgan fingerprint density at radius 3 is 2.84 bits per heavy atom. The van der Waals surface area contributed by atoms with Gasteiger partial charge in [-0.15, -0.1) is 5.10 Å². The molecule has 0 fully saturated rings. The van der Waals surface area contributed by atoms with Crippen LogP contribution in [0.5, 0.6) is 0 Å². The van der Waals surface area contributed by atoms with Crippen molar-refractivity contribution in [2.45, 2.75) is 19.4 Å². The van der Waals surface area contributed by atoms with Crippen molar-refractivity contribution in [1.82, 2.24) is 15.0 Å². The summed E-state index contributed by atoms with van der Waals surface area (Å²) in [4.78, 5) is 11.7. The van der Waals surface area contributed by atoms with Gasteiger partial charge in [-0.1, -0.05) is 23.4 Å². The molecule has 0 aliphatic rings. The van der Waals surface area contributed by atoms with E-state index in [1.807, 2.05) is 36.5 Å². The van der Waals surface area contributed by atoms with Crippen LogP contribution in [0, 0.1) is 0 Å². The van der Waals surface area contributed by atoms with Gasteiger partial charge in [0.05, 0.1) is 12.2 Å². The van der Waals surface area contributed by atoms with Crippen LogP contribution in [0.15, 0.2) is 36.5 Å². The monoisotopic (exact) mass is 259 g/mol. The Morgan fingerprint density at radius 2 is 2.11 bits per heavy atom. The van der Waals surface area contributed by atoms with E-state index in [1.54, 1.807) is 4.68 Å². The van der Waals surface area contributed by atoms with E-state index in [-0.39, 0.29) is 5.91 Å². The molecule has 6 heteroatoms. The number of hydrogen-bond acceptors (Lipinski definition) is 4. The quantitative estimate of drug-likeness (QED) is 0.803. The van der Waals surface area contributed by atoms with Crippen LogP contribution in [0.1, 0.15) is 12.1 Å². The zero-order valence-electron chi connectivity index (χ0n) is 10.6. The number of rotatable bonds is 6. The maximum atomic E-state index is 11.7. The van der Waals surface area contributed by atoms with Crippen molar-refractivity contribution >= 4 is 11.6 Å². The van der Waals surface area contributed by atoms with Crippen LogP contribution in [0.4, 0.5) is 5.69 Å². The normalized spacial score (nSPS) is 10.4. The summed E-state index contributed by atoms with van der Waals surface area (Å²) in [7, 11) is 0. The molecule has 2 aromatic rings. The molecular weight excluding hydrogens is 242 g/mol. The van der Waals surface area contributed by atoms with Crippen molar-refractivity contribution in [1.29, 1.82) is 0 Å². The van der Waals surface area contributed by atoms with Crippen LogP contribution in [-0.2, 0) is 17.8 Å². The van der Waals surface area contributed by atoms with E-state index < -0.39 is 0 Å². The summed E-state index contributed by atoms with van der Waals surface area (Å²) < 4.78 is 1.66. The molecule has 0 atom stereocenters. The third-order valence-corrected chi connectivity index (χ3v) is 2.61. The highest BCUT2D eigenvalue weighted by molar-refractivity contribution is 5.90. The number of carbonyl (C=O) groups is 1. The molecule has 19 heavy (non-hydrogen) atoms. The van der Waals surface area contributed by atoms with Gasteiger partial charge in [0.25, 0.3) is 0 Å². The molecule has 0 aliphatic heterocycles. The van der Waals surface area contributed by atoms with Gasteiger partial charge in [0.15, 0.2) is 0 Å². The lowest BCUT2D eigenvalue weighted by atomic mass is 10.3. The molecule has 0 unspecified atom stereocenters. The average molecular weight is 259 g/mol. The van der Waals surface area contributed by atoms with Crippen molar-refractivity contribution < 1.29 is 4.79 Å². The fourth-order valence-electron chi connectivity index (χ4n) is 1.67. The van der Waals surface area contributed by atoms with E-state index in [0.29, 0.717) is 25.9 Å². The number of nitrogens with one attached hydrogen (secondary N) is 1. The second-order valence-corrected chi connectivity index (χ2v) is 4.18. The highest BCUT2D eigenvalue weighted by Crippen LogP contribution is 2.05. The average Bonchev–Trinajstić information content (AvgIpc) is 2.86. The van der Waals surface area contributed by atoms with Crippen molar-refractivity contribution in [3.05, 3.63) is 42.2 Å². The molecule has 0 radical (unpaired) electrons. The summed E-state index contributed by atoms with van der Waals surface area (Å²) in [6, 6.07) is 9.38. The van der Waals surface area contributed by atoms with Crippen LogP contribution in [-0.4, -0.2) is 27.4 Å². The van der Waals surface area contributed by atoms with Gasteiger partial charge in [-0.3, -0.25) is 9.48 Å². The van der Waals surface area contributed by atoms with Crippen molar-refractivity contribution in [3.8, 4) is 0 Å². The first kappa shape index (κ1) is 13.2. The highest BCUT2D eigenvalue weighted by atomic mass is 16.1. The third-order valence-electron chi connectivity index (χ3n) is 2.61. The van der Waals surface area contributed by atoms with E-state index >= 15 is 0 Å². The number of para-hydroxylation sites is 1. The third kappa shape index (κ3) is 4.18. The van der Waals surface area contributed by atoms with Gasteiger partial charge in [0.2, 0.25) is 5.91 Å². The molecule has 0 aliphatic carbocycles. The molecule has 6 nitrogen and oxygen atoms in total. The van der Waals surface area contributed by atoms with E-state index in [2.05, 4.69) is 15.6 Å². The molecule has 1 aromatic heterocycles. The van der Waals surface area contributed by atoms with E-state index in [0.717, 1.165) is 11.4 Å². The number of nitrogens with two attached hydrogens (primary N) is 1. The largest absolute Gasteiger partial charge is 0.330 e. The summed E-state index contributed by atoms with van der Waals surface area (Å²) in [5.74, 6) is -0.0397. The Morgan fingerprint density at radius 1 is 1.32 bits per heavy atom. The first-order chi connectivity index (χ1) is 9.28. The molecule has 100 valence electrons. The van der Waals surface area contributed by atoms with E-state index in [4.69, 9.17) is 5.73 Å². The summed E-state index contributed by atoms with van der Waals surface area (Å²) in [6.45, 7) is 1.06. The number of amides is 1. The first-order valence-corrected chi connectivity index (χ1v) is 6.22. The Labute approximate surface area is 111 Å². The number of hydrogen-bond donors (Lipinski definition) is 2. The molecule has 0 saturated heterocycles. The molecule has 0 saturated carbocycles. The maximum Gasteiger partial charge on any atom is 0.226 e. The van der Waals surface area contributed by atoms with Crippen LogP contribution < -0.4 is 11.1 Å².